The lowest BCUT2D eigenvalue weighted by molar-refractivity contribution is 0.184. The van der Waals surface area contributed by atoms with Crippen molar-refractivity contribution < 1.29 is 9.15 Å². The highest BCUT2D eigenvalue weighted by Gasteiger charge is 2.15. The van der Waals surface area contributed by atoms with E-state index in [1.807, 2.05) is 18.2 Å². The van der Waals surface area contributed by atoms with Crippen LogP contribution in [0.1, 0.15) is 11.9 Å². The number of rotatable bonds is 4. The molecule has 0 bridgehead atoms. The van der Waals surface area contributed by atoms with Gasteiger partial charge in [-0.2, -0.15) is 0 Å². The minimum Gasteiger partial charge on any atom is -0.480 e. The number of ether oxygens (including phenoxy) is 1. The van der Waals surface area contributed by atoms with E-state index in [0.29, 0.717) is 23.1 Å². The van der Waals surface area contributed by atoms with Gasteiger partial charge < -0.3 is 14.9 Å². The van der Waals surface area contributed by atoms with Gasteiger partial charge in [-0.15, -0.1) is 0 Å². The van der Waals surface area contributed by atoms with Crippen LogP contribution in [-0.4, -0.2) is 6.54 Å². The third-order valence-electron chi connectivity index (χ3n) is 2.18. The average Bonchev–Trinajstić information content (AvgIpc) is 2.81. The summed E-state index contributed by atoms with van der Waals surface area (Å²) >= 11 is 5.99. The minimum atomic E-state index is -0.310. The molecule has 0 amide bonds. The van der Waals surface area contributed by atoms with Crippen LogP contribution in [0.15, 0.2) is 47.1 Å². The van der Waals surface area contributed by atoms with E-state index in [1.54, 1.807) is 24.5 Å². The molecule has 3 nitrogen and oxygen atoms in total. The first-order chi connectivity index (χ1) is 7.81. The van der Waals surface area contributed by atoms with Gasteiger partial charge in [0.1, 0.15) is 11.5 Å². The van der Waals surface area contributed by atoms with E-state index in [4.69, 9.17) is 26.5 Å². The Labute approximate surface area is 98.8 Å². The summed E-state index contributed by atoms with van der Waals surface area (Å²) in [4.78, 5) is 0. The van der Waals surface area contributed by atoms with Crippen LogP contribution < -0.4 is 10.5 Å². The molecule has 2 rings (SSSR count). The Hall–Kier alpha value is -1.45. The molecule has 0 spiro atoms. The summed E-state index contributed by atoms with van der Waals surface area (Å²) in [5, 5.41) is 0.563. The van der Waals surface area contributed by atoms with Gasteiger partial charge >= 0.3 is 0 Å². The van der Waals surface area contributed by atoms with Crippen LogP contribution in [0.25, 0.3) is 0 Å². The van der Waals surface area contributed by atoms with E-state index in [1.165, 1.54) is 0 Å². The van der Waals surface area contributed by atoms with Gasteiger partial charge in [-0.05, 0) is 24.3 Å². The highest BCUT2D eigenvalue weighted by atomic mass is 35.5. The number of hydrogen-bond donors (Lipinski definition) is 1. The Morgan fingerprint density at radius 2 is 2.06 bits per heavy atom. The van der Waals surface area contributed by atoms with Crippen LogP contribution in [0.3, 0.4) is 0 Å². The number of halogens is 1. The Bertz CT molecular complexity index is 442. The van der Waals surface area contributed by atoms with Crippen molar-refractivity contribution in [2.24, 2.45) is 5.73 Å². The van der Waals surface area contributed by atoms with E-state index in [-0.39, 0.29) is 6.10 Å². The van der Waals surface area contributed by atoms with E-state index in [9.17, 15) is 0 Å². The SMILES string of the molecule is NCC(Oc1ccccc1Cl)c1ccco1. The maximum absolute atomic E-state index is 5.99. The first-order valence-electron chi connectivity index (χ1n) is 4.96. The van der Waals surface area contributed by atoms with E-state index in [2.05, 4.69) is 0 Å². The van der Waals surface area contributed by atoms with Crippen LogP contribution in [-0.2, 0) is 0 Å². The summed E-state index contributed by atoms with van der Waals surface area (Å²) in [7, 11) is 0. The third kappa shape index (κ3) is 2.38. The standard InChI is InChI=1S/C12H12ClNO2/c13-9-4-1-2-5-10(9)16-12(8-14)11-6-3-7-15-11/h1-7,12H,8,14H2. The van der Waals surface area contributed by atoms with Crippen molar-refractivity contribution >= 4 is 11.6 Å². The second kappa shape index (κ2) is 5.05. The Kier molecular flexibility index (Phi) is 3.49. The van der Waals surface area contributed by atoms with E-state index >= 15 is 0 Å². The molecule has 0 radical (unpaired) electrons. The van der Waals surface area contributed by atoms with Gasteiger partial charge in [-0.25, -0.2) is 0 Å². The summed E-state index contributed by atoms with van der Waals surface area (Å²) < 4.78 is 10.9. The molecule has 0 aliphatic heterocycles. The number of benzene rings is 1. The predicted octanol–water partition coefficient (Wildman–Crippen LogP) is 3.01. The van der Waals surface area contributed by atoms with Gasteiger partial charge in [0.15, 0.2) is 6.10 Å². The molecule has 2 aromatic rings. The Balaban J connectivity index is 2.17. The fourth-order valence-corrected chi connectivity index (χ4v) is 1.57. The number of furan rings is 1. The normalized spacial score (nSPS) is 12.4. The van der Waals surface area contributed by atoms with Crippen molar-refractivity contribution in [3.63, 3.8) is 0 Å². The van der Waals surface area contributed by atoms with Gasteiger partial charge in [0.2, 0.25) is 0 Å². The molecule has 2 N–H and O–H groups in total. The lowest BCUT2D eigenvalue weighted by Gasteiger charge is -2.15. The lowest BCUT2D eigenvalue weighted by Crippen LogP contribution is -2.17. The molecule has 4 heteroatoms. The van der Waals surface area contributed by atoms with Crippen molar-refractivity contribution in [3.8, 4) is 5.75 Å². The second-order valence-corrected chi connectivity index (χ2v) is 3.70. The zero-order chi connectivity index (χ0) is 11.4. The predicted molar refractivity (Wildman–Crippen MR) is 62.6 cm³/mol. The molecule has 0 fully saturated rings. The van der Waals surface area contributed by atoms with Crippen LogP contribution in [0.2, 0.25) is 5.02 Å². The fourth-order valence-electron chi connectivity index (χ4n) is 1.39. The summed E-state index contributed by atoms with van der Waals surface area (Å²) in [6.07, 6.45) is 1.28. The van der Waals surface area contributed by atoms with Crippen molar-refractivity contribution in [2.75, 3.05) is 6.54 Å². The van der Waals surface area contributed by atoms with Gasteiger partial charge in [0.25, 0.3) is 0 Å². The fraction of sp³-hybridized carbons (Fsp3) is 0.167. The Morgan fingerprint density at radius 1 is 1.25 bits per heavy atom. The van der Waals surface area contributed by atoms with Gasteiger partial charge in [0, 0.05) is 6.54 Å². The first kappa shape index (κ1) is 11.0. The van der Waals surface area contributed by atoms with Crippen LogP contribution in [0, 0.1) is 0 Å². The van der Waals surface area contributed by atoms with Crippen molar-refractivity contribution in [2.45, 2.75) is 6.10 Å². The average molecular weight is 238 g/mol. The molecule has 1 aromatic carbocycles. The molecule has 0 saturated carbocycles. The lowest BCUT2D eigenvalue weighted by atomic mass is 10.2. The zero-order valence-corrected chi connectivity index (χ0v) is 9.35. The van der Waals surface area contributed by atoms with Crippen LogP contribution >= 0.6 is 11.6 Å². The van der Waals surface area contributed by atoms with E-state index in [0.717, 1.165) is 0 Å². The van der Waals surface area contributed by atoms with Gasteiger partial charge in [-0.1, -0.05) is 23.7 Å². The van der Waals surface area contributed by atoms with Crippen LogP contribution in [0.4, 0.5) is 0 Å². The van der Waals surface area contributed by atoms with Crippen molar-refractivity contribution in [3.05, 3.63) is 53.4 Å². The zero-order valence-electron chi connectivity index (χ0n) is 8.60. The summed E-state index contributed by atoms with van der Waals surface area (Å²) in [5.41, 5.74) is 5.63. The molecule has 1 unspecified atom stereocenters. The quantitative estimate of drug-likeness (QED) is 0.889. The minimum absolute atomic E-state index is 0.310. The highest BCUT2D eigenvalue weighted by molar-refractivity contribution is 6.32. The summed E-state index contributed by atoms with van der Waals surface area (Å²) in [6, 6.07) is 10.9. The molecular formula is C12H12ClNO2. The highest BCUT2D eigenvalue weighted by Crippen LogP contribution is 2.28. The first-order valence-corrected chi connectivity index (χ1v) is 5.33. The maximum Gasteiger partial charge on any atom is 0.168 e. The molecule has 1 aromatic heterocycles. The number of para-hydroxylation sites is 1. The molecule has 1 heterocycles. The van der Waals surface area contributed by atoms with Crippen molar-refractivity contribution in [1.29, 1.82) is 0 Å². The van der Waals surface area contributed by atoms with Gasteiger partial charge in [-0.3, -0.25) is 0 Å². The second-order valence-electron chi connectivity index (χ2n) is 3.29. The van der Waals surface area contributed by atoms with Crippen molar-refractivity contribution in [1.82, 2.24) is 0 Å². The monoisotopic (exact) mass is 237 g/mol. The molecule has 1 atom stereocenters. The Morgan fingerprint density at radius 3 is 2.69 bits per heavy atom. The molecule has 0 aliphatic rings. The third-order valence-corrected chi connectivity index (χ3v) is 2.49. The maximum atomic E-state index is 5.99. The molecule has 84 valence electrons. The van der Waals surface area contributed by atoms with Crippen LogP contribution in [0.5, 0.6) is 5.75 Å². The largest absolute Gasteiger partial charge is 0.480 e. The number of hydrogen-bond acceptors (Lipinski definition) is 3. The van der Waals surface area contributed by atoms with E-state index < -0.39 is 0 Å². The molecule has 16 heavy (non-hydrogen) atoms. The number of nitrogens with two attached hydrogens (primary N) is 1. The van der Waals surface area contributed by atoms with Gasteiger partial charge in [0.05, 0.1) is 11.3 Å². The molecule has 0 saturated heterocycles. The molecule has 0 aliphatic carbocycles. The summed E-state index contributed by atoms with van der Waals surface area (Å²) in [5.74, 6) is 1.30. The topological polar surface area (TPSA) is 48.4 Å². The smallest absolute Gasteiger partial charge is 0.168 e. The summed E-state index contributed by atoms with van der Waals surface area (Å²) in [6.45, 7) is 0.332. The molecular weight excluding hydrogens is 226 g/mol.